The van der Waals surface area contributed by atoms with Gasteiger partial charge in [-0.25, -0.2) is 0 Å². The topological polar surface area (TPSA) is 110 Å². The molecule has 1 saturated heterocycles. The molecule has 0 unspecified atom stereocenters. The highest BCUT2D eigenvalue weighted by Gasteiger charge is 2.57. The number of Topliss-reactive ketones (excluding diaryl/α,β-unsaturated/α-hetero) is 2. The van der Waals surface area contributed by atoms with Crippen molar-refractivity contribution in [1.82, 2.24) is 0 Å². The van der Waals surface area contributed by atoms with Crippen molar-refractivity contribution in [2.75, 3.05) is 13.7 Å². The van der Waals surface area contributed by atoms with E-state index in [-0.39, 0.29) is 12.8 Å². The van der Waals surface area contributed by atoms with Crippen LogP contribution in [-0.4, -0.2) is 59.8 Å². The Morgan fingerprint density at radius 3 is 2.20 bits per heavy atom. The summed E-state index contributed by atoms with van der Waals surface area (Å²) in [5.41, 5.74) is -2.04. The summed E-state index contributed by atoms with van der Waals surface area (Å²) in [6.07, 6.45) is -2.52. The molecule has 0 amide bonds. The summed E-state index contributed by atoms with van der Waals surface area (Å²) >= 11 is 0. The molecule has 20 heavy (non-hydrogen) atoms. The predicted octanol–water partition coefficient (Wildman–Crippen LogP) is -0.775. The quantitative estimate of drug-likeness (QED) is 0.504. The van der Waals surface area contributed by atoms with E-state index < -0.39 is 47.9 Å². The van der Waals surface area contributed by atoms with Crippen molar-refractivity contribution >= 4 is 17.5 Å². The van der Waals surface area contributed by atoms with Crippen LogP contribution in [0.4, 0.5) is 0 Å². The number of hydrogen-bond donors (Lipinski definition) is 2. The normalized spacial score (nSPS) is 26.9. The number of aliphatic hydroxyl groups excluding tert-OH is 2. The second kappa shape index (κ2) is 6.43. The molecule has 0 radical (unpaired) electrons. The van der Waals surface area contributed by atoms with Crippen molar-refractivity contribution in [2.45, 2.75) is 45.0 Å². The highest BCUT2D eigenvalue weighted by molar-refractivity contribution is 6.21. The van der Waals surface area contributed by atoms with Gasteiger partial charge < -0.3 is 19.7 Å². The molecule has 1 rings (SSSR count). The van der Waals surface area contributed by atoms with E-state index in [4.69, 9.17) is 9.84 Å². The third-order valence-corrected chi connectivity index (χ3v) is 3.77. The summed E-state index contributed by atoms with van der Waals surface area (Å²) in [7, 11) is 1.09. The van der Waals surface area contributed by atoms with Crippen LogP contribution in [0, 0.1) is 5.41 Å². The van der Waals surface area contributed by atoms with E-state index in [9.17, 15) is 19.5 Å². The largest absolute Gasteiger partial charge is 0.468 e. The number of ether oxygens (including phenoxy) is 2. The second-order valence-electron chi connectivity index (χ2n) is 4.90. The molecule has 2 N–H and O–H groups in total. The molecule has 7 nitrogen and oxygen atoms in total. The Kier molecular flexibility index (Phi) is 5.38. The van der Waals surface area contributed by atoms with Crippen molar-refractivity contribution in [1.29, 1.82) is 0 Å². The Balaban J connectivity index is 3.21. The monoisotopic (exact) mass is 288 g/mol. The van der Waals surface area contributed by atoms with Crippen molar-refractivity contribution in [3.63, 3.8) is 0 Å². The maximum absolute atomic E-state index is 12.0. The highest BCUT2D eigenvalue weighted by atomic mass is 16.5. The minimum Gasteiger partial charge on any atom is -0.468 e. The number of carbonyl (C=O) groups excluding carboxylic acids is 3. The standard InChI is InChI=1S/C13H20O7/c1-7(15)13(8(2)16,12(18)19-3)11-5-4-9(17)10(6-14)20-11/h9-11,14,17H,4-6H2,1-3H3/t9-,10+,11+/m0/s1. The van der Waals surface area contributed by atoms with Gasteiger partial charge in [-0.3, -0.25) is 14.4 Å². The smallest absolute Gasteiger partial charge is 0.329 e. The lowest BCUT2D eigenvalue weighted by Gasteiger charge is -2.40. The zero-order valence-electron chi connectivity index (χ0n) is 11.8. The molecule has 1 aliphatic rings. The first kappa shape index (κ1) is 16.7. The third kappa shape index (κ3) is 2.61. The van der Waals surface area contributed by atoms with Crippen LogP contribution < -0.4 is 0 Å². The molecule has 0 saturated carbocycles. The third-order valence-electron chi connectivity index (χ3n) is 3.77. The number of aliphatic hydroxyl groups is 2. The van der Waals surface area contributed by atoms with Crippen LogP contribution in [0.5, 0.6) is 0 Å². The van der Waals surface area contributed by atoms with Gasteiger partial charge in [-0.15, -0.1) is 0 Å². The second-order valence-corrected chi connectivity index (χ2v) is 4.90. The van der Waals surface area contributed by atoms with Gasteiger partial charge in [0.1, 0.15) is 6.10 Å². The zero-order valence-corrected chi connectivity index (χ0v) is 11.8. The van der Waals surface area contributed by atoms with Gasteiger partial charge in [0, 0.05) is 0 Å². The van der Waals surface area contributed by atoms with Crippen LogP contribution in [0.25, 0.3) is 0 Å². The van der Waals surface area contributed by atoms with Crippen molar-refractivity contribution in [3.8, 4) is 0 Å². The molecule has 0 spiro atoms. The molecular weight excluding hydrogens is 268 g/mol. The van der Waals surface area contributed by atoms with Crippen LogP contribution in [0.15, 0.2) is 0 Å². The Morgan fingerprint density at radius 1 is 1.25 bits per heavy atom. The van der Waals surface area contributed by atoms with Gasteiger partial charge in [0.25, 0.3) is 0 Å². The maximum atomic E-state index is 12.0. The van der Waals surface area contributed by atoms with Gasteiger partial charge in [0.2, 0.25) is 5.41 Å². The van der Waals surface area contributed by atoms with Crippen LogP contribution in [0.1, 0.15) is 26.7 Å². The van der Waals surface area contributed by atoms with Gasteiger partial charge in [0.05, 0.1) is 25.9 Å². The molecule has 0 aliphatic carbocycles. The highest BCUT2D eigenvalue weighted by Crippen LogP contribution is 2.36. The van der Waals surface area contributed by atoms with Crippen molar-refractivity contribution < 1.29 is 34.1 Å². The molecule has 1 aliphatic heterocycles. The van der Waals surface area contributed by atoms with Crippen LogP contribution in [0.3, 0.4) is 0 Å². The van der Waals surface area contributed by atoms with Crippen LogP contribution >= 0.6 is 0 Å². The number of hydrogen-bond acceptors (Lipinski definition) is 7. The minimum absolute atomic E-state index is 0.145. The fourth-order valence-electron chi connectivity index (χ4n) is 2.64. The summed E-state index contributed by atoms with van der Waals surface area (Å²) in [5.74, 6) is -2.32. The molecular formula is C13H20O7. The van der Waals surface area contributed by atoms with Gasteiger partial charge in [-0.05, 0) is 26.7 Å². The van der Waals surface area contributed by atoms with Crippen LogP contribution in [-0.2, 0) is 23.9 Å². The zero-order chi connectivity index (χ0) is 15.5. The first-order valence-electron chi connectivity index (χ1n) is 6.37. The molecule has 0 aromatic rings. The Bertz CT molecular complexity index is 390. The Morgan fingerprint density at radius 2 is 1.80 bits per heavy atom. The lowest BCUT2D eigenvalue weighted by molar-refractivity contribution is -0.194. The Hall–Kier alpha value is -1.31. The van der Waals surface area contributed by atoms with Crippen molar-refractivity contribution in [2.24, 2.45) is 5.41 Å². The molecule has 114 valence electrons. The lowest BCUT2D eigenvalue weighted by atomic mass is 9.72. The predicted molar refractivity (Wildman–Crippen MR) is 66.8 cm³/mol. The van der Waals surface area contributed by atoms with E-state index in [2.05, 4.69) is 4.74 Å². The van der Waals surface area contributed by atoms with Gasteiger partial charge >= 0.3 is 5.97 Å². The molecule has 1 fully saturated rings. The van der Waals surface area contributed by atoms with E-state index in [0.717, 1.165) is 21.0 Å². The number of ketones is 2. The summed E-state index contributed by atoms with van der Waals surface area (Å²) < 4.78 is 10.0. The van der Waals surface area contributed by atoms with E-state index in [1.807, 2.05) is 0 Å². The molecule has 7 heteroatoms. The number of esters is 1. The SMILES string of the molecule is COC(=O)C(C(C)=O)(C(C)=O)[C@H]1CC[C@H](O)[C@@H](CO)O1. The average Bonchev–Trinajstić information content (AvgIpc) is 2.40. The molecule has 0 aromatic heterocycles. The van der Waals surface area contributed by atoms with E-state index in [1.165, 1.54) is 0 Å². The fraction of sp³-hybridized carbons (Fsp3) is 0.769. The molecule has 3 atom stereocenters. The summed E-state index contributed by atoms with van der Waals surface area (Å²) in [6.45, 7) is 1.78. The number of methoxy groups -OCH3 is 1. The number of carbonyl (C=O) groups is 3. The maximum Gasteiger partial charge on any atom is 0.329 e. The molecule has 1 heterocycles. The van der Waals surface area contributed by atoms with Crippen LogP contribution in [0.2, 0.25) is 0 Å². The first-order valence-corrected chi connectivity index (χ1v) is 6.37. The number of rotatable bonds is 5. The van der Waals surface area contributed by atoms with E-state index in [0.29, 0.717) is 0 Å². The first-order chi connectivity index (χ1) is 9.32. The molecule has 0 aromatic carbocycles. The summed E-state index contributed by atoms with van der Waals surface area (Å²) in [4.78, 5) is 35.9. The Labute approximate surface area is 116 Å². The lowest BCUT2D eigenvalue weighted by Crippen LogP contribution is -2.58. The van der Waals surface area contributed by atoms with Gasteiger partial charge in [-0.1, -0.05) is 0 Å². The summed E-state index contributed by atoms with van der Waals surface area (Å²) in [5, 5.41) is 18.8. The van der Waals surface area contributed by atoms with E-state index >= 15 is 0 Å². The van der Waals surface area contributed by atoms with Gasteiger partial charge in [-0.2, -0.15) is 0 Å². The molecule has 0 bridgehead atoms. The van der Waals surface area contributed by atoms with Gasteiger partial charge in [0.15, 0.2) is 11.6 Å². The summed E-state index contributed by atoms with van der Waals surface area (Å²) in [6, 6.07) is 0. The minimum atomic E-state index is -2.04. The average molecular weight is 288 g/mol. The van der Waals surface area contributed by atoms with E-state index in [1.54, 1.807) is 0 Å². The fourth-order valence-corrected chi connectivity index (χ4v) is 2.64. The van der Waals surface area contributed by atoms with Crippen molar-refractivity contribution in [3.05, 3.63) is 0 Å².